The van der Waals surface area contributed by atoms with Crippen LogP contribution in [-0.4, -0.2) is 10.2 Å². The molecule has 0 aliphatic rings. The van der Waals surface area contributed by atoms with Gasteiger partial charge in [-0.3, -0.25) is 5.10 Å². The molecule has 2 aromatic rings. The monoisotopic (exact) mass is 257 g/mol. The van der Waals surface area contributed by atoms with Crippen molar-refractivity contribution in [3.8, 4) is 11.6 Å². The maximum absolute atomic E-state index is 12.4. The second kappa shape index (κ2) is 4.25. The predicted octanol–water partition coefficient (Wildman–Crippen LogP) is 3.11. The molecule has 0 fully saturated rings. The minimum Gasteiger partial charge on any atom is -0.435 e. The van der Waals surface area contributed by atoms with E-state index in [2.05, 4.69) is 10.2 Å². The molecule has 3 N–H and O–H groups in total. The summed E-state index contributed by atoms with van der Waals surface area (Å²) >= 11 is 0. The number of H-pyrrole nitrogens is 1. The number of nitrogens with zero attached hydrogens (tertiary/aromatic N) is 1. The van der Waals surface area contributed by atoms with E-state index in [1.54, 1.807) is 13.0 Å². The van der Waals surface area contributed by atoms with Crippen molar-refractivity contribution in [1.82, 2.24) is 10.2 Å². The van der Waals surface area contributed by atoms with Crippen LogP contribution in [0.25, 0.3) is 0 Å². The number of aryl methyl sites for hydroxylation is 1. The number of nitrogens with two attached hydrogens (primary N) is 1. The molecule has 1 aromatic carbocycles. The minimum absolute atomic E-state index is 0.0921. The predicted molar refractivity (Wildman–Crippen MR) is 59.3 cm³/mol. The molecule has 0 aliphatic heterocycles. The van der Waals surface area contributed by atoms with Crippen molar-refractivity contribution in [1.29, 1.82) is 0 Å². The van der Waals surface area contributed by atoms with Gasteiger partial charge >= 0.3 is 6.18 Å². The van der Waals surface area contributed by atoms with Crippen molar-refractivity contribution in [3.05, 3.63) is 35.5 Å². The molecule has 4 nitrogen and oxygen atoms in total. The number of ether oxygens (including phenoxy) is 1. The van der Waals surface area contributed by atoms with E-state index in [0.717, 1.165) is 17.8 Å². The largest absolute Gasteiger partial charge is 0.435 e. The highest BCUT2D eigenvalue weighted by atomic mass is 19.4. The lowest BCUT2D eigenvalue weighted by molar-refractivity contribution is -0.137. The van der Waals surface area contributed by atoms with Gasteiger partial charge in [0.25, 0.3) is 0 Å². The standard InChI is InChI=1S/C11H10F3N3O/c1-6-4-10(17-16-6)18-9-3-2-7(5-8(9)15)11(12,13)14/h2-5H,15H2,1H3,(H,16,17). The molecule has 1 heterocycles. The highest BCUT2D eigenvalue weighted by Crippen LogP contribution is 2.34. The van der Waals surface area contributed by atoms with E-state index in [0.29, 0.717) is 0 Å². The van der Waals surface area contributed by atoms with E-state index in [1.807, 2.05) is 0 Å². The van der Waals surface area contributed by atoms with Crippen molar-refractivity contribution in [2.24, 2.45) is 0 Å². The fraction of sp³-hybridized carbons (Fsp3) is 0.182. The number of benzene rings is 1. The Balaban J connectivity index is 2.25. The zero-order chi connectivity index (χ0) is 13.3. The number of alkyl halides is 3. The van der Waals surface area contributed by atoms with Crippen molar-refractivity contribution in [2.45, 2.75) is 13.1 Å². The molecule has 18 heavy (non-hydrogen) atoms. The number of halogens is 3. The van der Waals surface area contributed by atoms with Crippen LogP contribution >= 0.6 is 0 Å². The molecule has 0 unspecified atom stereocenters. The van der Waals surface area contributed by atoms with Gasteiger partial charge in [-0.05, 0) is 25.1 Å². The second-order valence-electron chi connectivity index (χ2n) is 3.74. The molecule has 0 aliphatic carbocycles. The molecule has 0 bridgehead atoms. The van der Waals surface area contributed by atoms with Gasteiger partial charge < -0.3 is 10.5 Å². The van der Waals surface area contributed by atoms with Gasteiger partial charge in [0.15, 0.2) is 5.75 Å². The summed E-state index contributed by atoms with van der Waals surface area (Å²) in [6, 6.07) is 4.51. The van der Waals surface area contributed by atoms with Gasteiger partial charge in [0, 0.05) is 11.8 Å². The first-order valence-corrected chi connectivity index (χ1v) is 5.03. The lowest BCUT2D eigenvalue weighted by Gasteiger charge is -2.10. The van der Waals surface area contributed by atoms with Crippen LogP contribution in [0, 0.1) is 6.92 Å². The SMILES string of the molecule is Cc1cc(Oc2ccc(C(F)(F)F)cc2N)n[nH]1. The first-order chi connectivity index (χ1) is 8.36. The molecule has 1 aromatic heterocycles. The second-order valence-corrected chi connectivity index (χ2v) is 3.74. The van der Waals surface area contributed by atoms with Crippen molar-refractivity contribution in [3.63, 3.8) is 0 Å². The highest BCUT2D eigenvalue weighted by molar-refractivity contribution is 5.55. The van der Waals surface area contributed by atoms with Gasteiger partial charge in [0.1, 0.15) is 0 Å². The normalized spacial score (nSPS) is 11.6. The first kappa shape index (κ1) is 12.3. The van der Waals surface area contributed by atoms with E-state index < -0.39 is 11.7 Å². The summed E-state index contributed by atoms with van der Waals surface area (Å²) in [5, 5.41) is 6.45. The Morgan fingerprint density at radius 1 is 1.28 bits per heavy atom. The lowest BCUT2D eigenvalue weighted by Crippen LogP contribution is -2.06. The number of aromatic amines is 1. The summed E-state index contributed by atoms with van der Waals surface area (Å²) in [6.45, 7) is 1.77. The van der Waals surface area contributed by atoms with Crippen LogP contribution in [0.2, 0.25) is 0 Å². The van der Waals surface area contributed by atoms with Gasteiger partial charge in [-0.25, -0.2) is 0 Å². The van der Waals surface area contributed by atoms with Crippen LogP contribution in [0.15, 0.2) is 24.3 Å². The summed E-state index contributed by atoms with van der Waals surface area (Å²) in [7, 11) is 0. The summed E-state index contributed by atoms with van der Waals surface area (Å²) in [4.78, 5) is 0. The lowest BCUT2D eigenvalue weighted by atomic mass is 10.2. The minimum atomic E-state index is -4.42. The first-order valence-electron chi connectivity index (χ1n) is 5.03. The summed E-state index contributed by atoms with van der Waals surface area (Å²) in [5.74, 6) is 0.383. The van der Waals surface area contributed by atoms with E-state index in [1.165, 1.54) is 6.07 Å². The van der Waals surface area contributed by atoms with Crippen LogP contribution in [0.4, 0.5) is 18.9 Å². The molecule has 96 valence electrons. The molecule has 7 heteroatoms. The molecular formula is C11H10F3N3O. The van der Waals surface area contributed by atoms with Crippen LogP contribution < -0.4 is 10.5 Å². The Hall–Kier alpha value is -2.18. The molecule has 0 radical (unpaired) electrons. The zero-order valence-electron chi connectivity index (χ0n) is 9.38. The molecule has 0 atom stereocenters. The Labute approximate surface area is 101 Å². The fourth-order valence-corrected chi connectivity index (χ4v) is 1.38. The van der Waals surface area contributed by atoms with Gasteiger partial charge in [0.05, 0.1) is 11.3 Å². The average Bonchev–Trinajstić information content (AvgIpc) is 2.65. The Morgan fingerprint density at radius 3 is 2.50 bits per heavy atom. The Bertz CT molecular complexity index is 563. The third-order valence-electron chi connectivity index (χ3n) is 2.23. The number of aromatic nitrogens is 2. The Morgan fingerprint density at radius 2 is 2.00 bits per heavy atom. The van der Waals surface area contributed by atoms with Gasteiger partial charge in [-0.1, -0.05) is 0 Å². The van der Waals surface area contributed by atoms with Crippen LogP contribution in [0.5, 0.6) is 11.6 Å². The van der Waals surface area contributed by atoms with E-state index in [9.17, 15) is 13.2 Å². The summed E-state index contributed by atoms with van der Waals surface area (Å²) in [5.41, 5.74) is 5.38. The number of hydrogen-bond donors (Lipinski definition) is 2. The number of nitrogens with one attached hydrogen (secondary N) is 1. The van der Waals surface area contributed by atoms with E-state index in [-0.39, 0.29) is 17.3 Å². The smallest absolute Gasteiger partial charge is 0.416 e. The van der Waals surface area contributed by atoms with Gasteiger partial charge in [-0.15, -0.1) is 5.10 Å². The van der Waals surface area contributed by atoms with Crippen molar-refractivity contribution < 1.29 is 17.9 Å². The van der Waals surface area contributed by atoms with Crippen LogP contribution in [-0.2, 0) is 6.18 Å². The molecule has 0 amide bonds. The quantitative estimate of drug-likeness (QED) is 0.812. The zero-order valence-corrected chi connectivity index (χ0v) is 9.38. The molecule has 0 spiro atoms. The van der Waals surface area contributed by atoms with Gasteiger partial charge in [-0.2, -0.15) is 13.2 Å². The van der Waals surface area contributed by atoms with Crippen molar-refractivity contribution >= 4 is 5.69 Å². The summed E-state index contributed by atoms with van der Waals surface area (Å²) < 4.78 is 42.5. The third-order valence-corrected chi connectivity index (χ3v) is 2.23. The Kier molecular flexibility index (Phi) is 2.90. The van der Waals surface area contributed by atoms with E-state index >= 15 is 0 Å². The molecular weight excluding hydrogens is 247 g/mol. The number of rotatable bonds is 2. The van der Waals surface area contributed by atoms with E-state index in [4.69, 9.17) is 10.5 Å². The number of nitrogen functional groups attached to an aromatic ring is 1. The fourth-order valence-electron chi connectivity index (χ4n) is 1.38. The molecule has 2 rings (SSSR count). The highest BCUT2D eigenvalue weighted by Gasteiger charge is 2.31. The summed E-state index contributed by atoms with van der Waals surface area (Å²) in [6.07, 6.45) is -4.42. The van der Waals surface area contributed by atoms with Crippen molar-refractivity contribution in [2.75, 3.05) is 5.73 Å². The number of anilines is 1. The maximum atomic E-state index is 12.4. The van der Waals surface area contributed by atoms with Crippen LogP contribution in [0.3, 0.4) is 0 Å². The third kappa shape index (κ3) is 2.55. The topological polar surface area (TPSA) is 63.9 Å². The average molecular weight is 257 g/mol. The van der Waals surface area contributed by atoms with Crippen LogP contribution in [0.1, 0.15) is 11.3 Å². The number of hydrogen-bond acceptors (Lipinski definition) is 3. The molecule has 0 saturated carbocycles. The molecule has 0 saturated heterocycles. The van der Waals surface area contributed by atoms with Gasteiger partial charge in [0.2, 0.25) is 5.88 Å². The maximum Gasteiger partial charge on any atom is 0.416 e.